The summed E-state index contributed by atoms with van der Waals surface area (Å²) in [6.07, 6.45) is 0. The Labute approximate surface area is 132 Å². The van der Waals surface area contributed by atoms with Gasteiger partial charge in [-0.25, -0.2) is 0 Å². The lowest BCUT2D eigenvalue weighted by atomic mass is 10.2. The standard InChI is InChI=1S/C8H9NO2.C7H7N3S/c9-4-6-1-2-7-8(3-6)11-5-10-7;8-4-5-1-2-6-7(3-5)10-11-9-6/h1-3H,4-5,9H2;1-3H,4,8H2. The monoisotopic (exact) mass is 316 g/mol. The summed E-state index contributed by atoms with van der Waals surface area (Å²) in [7, 11) is 0. The van der Waals surface area contributed by atoms with Crippen molar-refractivity contribution < 1.29 is 9.47 Å². The van der Waals surface area contributed by atoms with Crippen molar-refractivity contribution in [3.63, 3.8) is 0 Å². The Hall–Kier alpha value is -2.22. The van der Waals surface area contributed by atoms with Crippen molar-refractivity contribution in [2.24, 2.45) is 11.5 Å². The van der Waals surface area contributed by atoms with Crippen LogP contribution in [0, 0.1) is 0 Å². The van der Waals surface area contributed by atoms with Crippen LogP contribution >= 0.6 is 11.7 Å². The molecule has 6 nitrogen and oxygen atoms in total. The predicted molar refractivity (Wildman–Crippen MR) is 85.8 cm³/mol. The Morgan fingerprint density at radius 3 is 2.36 bits per heavy atom. The third-order valence-corrected chi connectivity index (χ3v) is 3.78. The normalized spacial score (nSPS) is 12.1. The van der Waals surface area contributed by atoms with Gasteiger partial charge in [-0.3, -0.25) is 0 Å². The molecule has 1 aliphatic rings. The molecule has 0 atom stereocenters. The number of ether oxygens (including phenoxy) is 2. The van der Waals surface area contributed by atoms with E-state index >= 15 is 0 Å². The highest BCUT2D eigenvalue weighted by Gasteiger charge is 2.12. The molecule has 4 N–H and O–H groups in total. The Morgan fingerprint density at radius 1 is 0.864 bits per heavy atom. The fourth-order valence-corrected chi connectivity index (χ4v) is 2.54. The van der Waals surface area contributed by atoms with Crippen molar-refractivity contribution in [2.75, 3.05) is 6.79 Å². The van der Waals surface area contributed by atoms with Crippen LogP contribution in [-0.2, 0) is 13.1 Å². The van der Waals surface area contributed by atoms with E-state index in [1.807, 2.05) is 36.4 Å². The Balaban J connectivity index is 0.000000131. The number of nitrogens with zero attached hydrogens (tertiary/aromatic N) is 2. The van der Waals surface area contributed by atoms with Crippen LogP contribution in [0.5, 0.6) is 11.5 Å². The summed E-state index contributed by atoms with van der Waals surface area (Å²) in [4.78, 5) is 0. The smallest absolute Gasteiger partial charge is 0.231 e. The summed E-state index contributed by atoms with van der Waals surface area (Å²) in [5.74, 6) is 1.61. The number of hydrogen-bond acceptors (Lipinski definition) is 7. The van der Waals surface area contributed by atoms with E-state index < -0.39 is 0 Å². The minimum atomic E-state index is 0.323. The lowest BCUT2D eigenvalue weighted by Gasteiger charge is -1.97. The Bertz CT molecular complexity index is 775. The maximum absolute atomic E-state index is 5.46. The minimum absolute atomic E-state index is 0.323. The molecule has 2 heterocycles. The van der Waals surface area contributed by atoms with Gasteiger partial charge < -0.3 is 20.9 Å². The number of fused-ring (bicyclic) bond motifs is 2. The van der Waals surface area contributed by atoms with Crippen LogP contribution in [0.2, 0.25) is 0 Å². The molecule has 3 aromatic rings. The van der Waals surface area contributed by atoms with Crippen LogP contribution in [0.1, 0.15) is 11.1 Å². The number of hydrogen-bond donors (Lipinski definition) is 2. The molecule has 1 aromatic heterocycles. The van der Waals surface area contributed by atoms with Gasteiger partial charge in [0.2, 0.25) is 6.79 Å². The maximum Gasteiger partial charge on any atom is 0.231 e. The predicted octanol–water partition coefficient (Wildman–Crippen LogP) is 2.02. The van der Waals surface area contributed by atoms with E-state index in [4.69, 9.17) is 20.9 Å². The van der Waals surface area contributed by atoms with Gasteiger partial charge in [0.1, 0.15) is 11.0 Å². The first-order chi connectivity index (χ1) is 10.8. The molecule has 0 unspecified atom stereocenters. The lowest BCUT2D eigenvalue weighted by molar-refractivity contribution is 0.174. The van der Waals surface area contributed by atoms with Gasteiger partial charge in [-0.2, -0.15) is 8.75 Å². The second-order valence-corrected chi connectivity index (χ2v) is 5.21. The van der Waals surface area contributed by atoms with Crippen molar-refractivity contribution in [2.45, 2.75) is 13.1 Å². The quantitative estimate of drug-likeness (QED) is 0.751. The lowest BCUT2D eigenvalue weighted by Crippen LogP contribution is -1.95. The second-order valence-electron chi connectivity index (χ2n) is 4.68. The van der Waals surface area contributed by atoms with Gasteiger partial charge in [-0.1, -0.05) is 12.1 Å². The third-order valence-electron chi connectivity index (χ3n) is 3.23. The van der Waals surface area contributed by atoms with Gasteiger partial charge in [-0.05, 0) is 35.4 Å². The first-order valence-electron chi connectivity index (χ1n) is 6.80. The van der Waals surface area contributed by atoms with Crippen LogP contribution in [-0.4, -0.2) is 15.5 Å². The van der Waals surface area contributed by atoms with Crippen molar-refractivity contribution in [3.8, 4) is 11.5 Å². The van der Waals surface area contributed by atoms with Crippen LogP contribution in [0.3, 0.4) is 0 Å². The van der Waals surface area contributed by atoms with Crippen molar-refractivity contribution in [3.05, 3.63) is 47.5 Å². The average molecular weight is 316 g/mol. The molecule has 0 amide bonds. The molecule has 0 fully saturated rings. The first-order valence-corrected chi connectivity index (χ1v) is 7.53. The van der Waals surface area contributed by atoms with Crippen molar-refractivity contribution >= 4 is 22.8 Å². The fourth-order valence-electron chi connectivity index (χ4n) is 2.02. The second kappa shape index (κ2) is 6.69. The van der Waals surface area contributed by atoms with E-state index in [-0.39, 0.29) is 0 Å². The van der Waals surface area contributed by atoms with Gasteiger partial charge in [0.15, 0.2) is 11.5 Å². The maximum atomic E-state index is 5.46. The molecular weight excluding hydrogens is 300 g/mol. The molecule has 0 radical (unpaired) electrons. The zero-order chi connectivity index (χ0) is 15.4. The molecule has 0 bridgehead atoms. The first kappa shape index (κ1) is 14.7. The highest BCUT2D eigenvalue weighted by atomic mass is 32.1. The molecule has 114 valence electrons. The van der Waals surface area contributed by atoms with Gasteiger partial charge in [0, 0.05) is 13.1 Å². The Kier molecular flexibility index (Phi) is 4.47. The Morgan fingerprint density at radius 2 is 1.55 bits per heavy atom. The summed E-state index contributed by atoms with van der Waals surface area (Å²) in [6.45, 7) is 1.42. The van der Waals surface area contributed by atoms with Gasteiger partial charge in [0.25, 0.3) is 0 Å². The summed E-state index contributed by atoms with van der Waals surface area (Å²) in [6, 6.07) is 11.6. The van der Waals surface area contributed by atoms with E-state index in [1.54, 1.807) is 0 Å². The highest BCUT2D eigenvalue weighted by Crippen LogP contribution is 2.32. The molecule has 4 rings (SSSR count). The summed E-state index contributed by atoms with van der Waals surface area (Å²) in [5, 5.41) is 0. The third kappa shape index (κ3) is 3.16. The van der Waals surface area contributed by atoms with Crippen LogP contribution in [0.4, 0.5) is 0 Å². The van der Waals surface area contributed by atoms with Crippen LogP contribution < -0.4 is 20.9 Å². The van der Waals surface area contributed by atoms with Crippen LogP contribution in [0.15, 0.2) is 36.4 Å². The SMILES string of the molecule is NCc1ccc2c(c1)OCO2.NCc1ccc2nsnc2c1. The van der Waals surface area contributed by atoms with E-state index in [9.17, 15) is 0 Å². The average Bonchev–Trinajstić information content (AvgIpc) is 3.22. The van der Waals surface area contributed by atoms with Crippen LogP contribution in [0.25, 0.3) is 11.0 Å². The molecule has 0 saturated heterocycles. The van der Waals surface area contributed by atoms with Gasteiger partial charge in [0.05, 0.1) is 11.7 Å². The molecule has 22 heavy (non-hydrogen) atoms. The summed E-state index contributed by atoms with van der Waals surface area (Å²) < 4.78 is 18.5. The van der Waals surface area contributed by atoms with Gasteiger partial charge in [-0.15, -0.1) is 0 Å². The molecule has 0 saturated carbocycles. The zero-order valence-electron chi connectivity index (χ0n) is 11.9. The number of aromatic nitrogens is 2. The molecule has 1 aliphatic heterocycles. The van der Waals surface area contributed by atoms with E-state index in [0.717, 1.165) is 33.7 Å². The summed E-state index contributed by atoms with van der Waals surface area (Å²) >= 11 is 1.23. The largest absolute Gasteiger partial charge is 0.454 e. The van der Waals surface area contributed by atoms with Crippen molar-refractivity contribution in [1.82, 2.24) is 8.75 Å². The molecule has 2 aromatic carbocycles. The van der Waals surface area contributed by atoms with E-state index in [1.165, 1.54) is 11.7 Å². The van der Waals surface area contributed by atoms with E-state index in [0.29, 0.717) is 19.9 Å². The van der Waals surface area contributed by atoms with Gasteiger partial charge >= 0.3 is 0 Å². The molecule has 7 heteroatoms. The van der Waals surface area contributed by atoms with Crippen molar-refractivity contribution in [1.29, 1.82) is 0 Å². The summed E-state index contributed by atoms with van der Waals surface area (Å²) in [5.41, 5.74) is 15.0. The fraction of sp³-hybridized carbons (Fsp3) is 0.200. The number of rotatable bonds is 2. The molecular formula is C15H16N4O2S. The number of benzene rings is 2. The minimum Gasteiger partial charge on any atom is -0.454 e. The zero-order valence-corrected chi connectivity index (χ0v) is 12.7. The highest BCUT2D eigenvalue weighted by molar-refractivity contribution is 7.00. The molecule has 0 spiro atoms. The van der Waals surface area contributed by atoms with E-state index in [2.05, 4.69) is 8.75 Å². The molecule has 0 aliphatic carbocycles. The number of nitrogens with two attached hydrogens (primary N) is 2. The topological polar surface area (TPSA) is 96.3 Å².